The van der Waals surface area contributed by atoms with Gasteiger partial charge in [-0.25, -0.2) is 0 Å². The van der Waals surface area contributed by atoms with Crippen molar-refractivity contribution in [3.8, 4) is 0 Å². The summed E-state index contributed by atoms with van der Waals surface area (Å²) in [5, 5.41) is 4.59. The Balaban J connectivity index is 1.62. The van der Waals surface area contributed by atoms with Crippen LogP contribution < -0.4 is 9.80 Å². The maximum absolute atomic E-state index is 4.48. The predicted molar refractivity (Wildman–Crippen MR) is 166 cm³/mol. The SMILES string of the molecule is c1ccc(N(c2cccnc2)c2c3ccccc3c(N(c3ccccc3)c3cccnc3)c3ccccc23)cc1. The molecule has 0 saturated carbocycles. The second kappa shape index (κ2) is 10.4. The molecule has 4 nitrogen and oxygen atoms in total. The third-order valence-electron chi connectivity index (χ3n) is 7.16. The molecule has 0 aliphatic carbocycles. The highest BCUT2D eigenvalue weighted by atomic mass is 15.2. The van der Waals surface area contributed by atoms with Crippen LogP contribution in [0.25, 0.3) is 21.5 Å². The summed E-state index contributed by atoms with van der Waals surface area (Å²) < 4.78 is 0. The van der Waals surface area contributed by atoms with E-state index in [0.29, 0.717) is 0 Å². The van der Waals surface area contributed by atoms with Gasteiger partial charge in [-0.2, -0.15) is 0 Å². The molecule has 2 heterocycles. The normalized spacial score (nSPS) is 11.0. The van der Waals surface area contributed by atoms with Gasteiger partial charge in [0.15, 0.2) is 0 Å². The first-order valence-electron chi connectivity index (χ1n) is 13.3. The first kappa shape index (κ1) is 23.6. The Hall–Kier alpha value is -5.48. The van der Waals surface area contributed by atoms with Crippen molar-refractivity contribution in [3.05, 3.63) is 158 Å². The maximum Gasteiger partial charge on any atom is 0.0645 e. The summed E-state index contributed by atoms with van der Waals surface area (Å²) in [6.45, 7) is 0. The fraction of sp³-hybridized carbons (Fsp3) is 0. The molecule has 0 N–H and O–H groups in total. The van der Waals surface area contributed by atoms with Crippen molar-refractivity contribution in [2.24, 2.45) is 0 Å². The Kier molecular flexibility index (Phi) is 6.11. The lowest BCUT2D eigenvalue weighted by molar-refractivity contribution is 1.23. The van der Waals surface area contributed by atoms with E-state index in [2.05, 4.69) is 141 Å². The van der Waals surface area contributed by atoms with Gasteiger partial charge in [0.25, 0.3) is 0 Å². The Morgan fingerprint density at radius 1 is 0.325 bits per heavy atom. The largest absolute Gasteiger partial charge is 0.308 e. The third kappa shape index (κ3) is 4.12. The minimum Gasteiger partial charge on any atom is -0.308 e. The molecule has 0 bridgehead atoms. The second-order valence-electron chi connectivity index (χ2n) is 9.55. The van der Waals surface area contributed by atoms with Crippen LogP contribution in [0.2, 0.25) is 0 Å². The minimum absolute atomic E-state index is 1.00. The van der Waals surface area contributed by atoms with Crippen LogP contribution in [0.3, 0.4) is 0 Å². The first-order chi connectivity index (χ1) is 19.9. The van der Waals surface area contributed by atoms with Gasteiger partial charge in [-0.05, 0) is 48.5 Å². The highest BCUT2D eigenvalue weighted by Gasteiger charge is 2.25. The summed E-state index contributed by atoms with van der Waals surface area (Å²) in [5.74, 6) is 0. The summed E-state index contributed by atoms with van der Waals surface area (Å²) in [5.41, 5.74) is 6.39. The summed E-state index contributed by atoms with van der Waals surface area (Å²) in [4.78, 5) is 13.6. The molecule has 0 radical (unpaired) electrons. The van der Waals surface area contributed by atoms with Crippen LogP contribution in [0.5, 0.6) is 0 Å². The van der Waals surface area contributed by atoms with Crippen LogP contribution in [0.1, 0.15) is 0 Å². The molecular formula is C36H26N4. The summed E-state index contributed by atoms with van der Waals surface area (Å²) in [6.07, 6.45) is 7.49. The first-order valence-corrected chi connectivity index (χ1v) is 13.3. The zero-order chi connectivity index (χ0) is 26.7. The third-order valence-corrected chi connectivity index (χ3v) is 7.16. The Bertz CT molecular complexity index is 1610. The molecule has 40 heavy (non-hydrogen) atoms. The van der Waals surface area contributed by atoms with E-state index in [4.69, 9.17) is 0 Å². The van der Waals surface area contributed by atoms with Crippen molar-refractivity contribution in [2.45, 2.75) is 0 Å². The zero-order valence-electron chi connectivity index (χ0n) is 21.8. The quantitative estimate of drug-likeness (QED) is 0.163. The molecule has 0 aliphatic heterocycles. The highest BCUT2D eigenvalue weighted by molar-refractivity contribution is 6.23. The minimum atomic E-state index is 1.00. The number of pyridine rings is 2. The van der Waals surface area contributed by atoms with Crippen LogP contribution >= 0.6 is 0 Å². The van der Waals surface area contributed by atoms with E-state index < -0.39 is 0 Å². The number of nitrogens with zero attached hydrogens (tertiary/aromatic N) is 4. The molecule has 7 rings (SSSR count). The van der Waals surface area contributed by atoms with Crippen molar-refractivity contribution in [1.82, 2.24) is 9.97 Å². The standard InChI is InChI=1S/C36H26N4/c1-3-13-27(14-4-1)39(29-17-11-23-37-25-29)35-31-19-7-9-21-33(31)36(34-22-10-8-20-32(34)35)40(28-15-5-2-6-16-28)30-18-12-24-38-26-30/h1-26H. The number of para-hydroxylation sites is 2. The molecule has 0 unspecified atom stereocenters. The number of anilines is 6. The van der Waals surface area contributed by atoms with E-state index in [1.54, 1.807) is 0 Å². The number of rotatable bonds is 6. The number of hydrogen-bond acceptors (Lipinski definition) is 4. The fourth-order valence-electron chi connectivity index (χ4n) is 5.50. The molecule has 0 spiro atoms. The van der Waals surface area contributed by atoms with E-state index in [1.165, 1.54) is 0 Å². The van der Waals surface area contributed by atoms with Gasteiger partial charge in [0.05, 0.1) is 35.1 Å². The Labute approximate surface area is 233 Å². The average molecular weight is 515 g/mol. The lowest BCUT2D eigenvalue weighted by Gasteiger charge is -2.32. The number of benzene rings is 5. The van der Waals surface area contributed by atoms with Crippen molar-refractivity contribution in [1.29, 1.82) is 0 Å². The summed E-state index contributed by atoms with van der Waals surface area (Å²) >= 11 is 0. The fourth-order valence-corrected chi connectivity index (χ4v) is 5.50. The van der Waals surface area contributed by atoms with E-state index in [0.717, 1.165) is 55.7 Å². The van der Waals surface area contributed by atoms with E-state index in [1.807, 2.05) is 36.9 Å². The lowest BCUT2D eigenvalue weighted by Crippen LogP contribution is -2.14. The molecule has 190 valence electrons. The van der Waals surface area contributed by atoms with E-state index >= 15 is 0 Å². The van der Waals surface area contributed by atoms with Crippen LogP contribution in [-0.2, 0) is 0 Å². The van der Waals surface area contributed by atoms with Gasteiger partial charge < -0.3 is 9.80 Å². The number of fused-ring (bicyclic) bond motifs is 2. The van der Waals surface area contributed by atoms with Gasteiger partial charge in [-0.3, -0.25) is 9.97 Å². The Morgan fingerprint density at radius 2 is 0.650 bits per heavy atom. The topological polar surface area (TPSA) is 32.3 Å². The van der Waals surface area contributed by atoms with Gasteiger partial charge in [-0.1, -0.05) is 84.9 Å². The molecule has 2 aromatic heterocycles. The summed E-state index contributed by atoms with van der Waals surface area (Å²) in [7, 11) is 0. The second-order valence-corrected chi connectivity index (χ2v) is 9.55. The Morgan fingerprint density at radius 3 is 0.975 bits per heavy atom. The molecule has 0 fully saturated rings. The monoisotopic (exact) mass is 514 g/mol. The molecule has 0 amide bonds. The lowest BCUT2D eigenvalue weighted by atomic mass is 9.95. The number of hydrogen-bond donors (Lipinski definition) is 0. The maximum atomic E-state index is 4.48. The van der Waals surface area contributed by atoms with Gasteiger partial charge >= 0.3 is 0 Å². The van der Waals surface area contributed by atoms with Gasteiger partial charge in [0.2, 0.25) is 0 Å². The van der Waals surface area contributed by atoms with Gasteiger partial charge in [-0.15, -0.1) is 0 Å². The average Bonchev–Trinajstić information content (AvgIpc) is 3.04. The van der Waals surface area contributed by atoms with Crippen molar-refractivity contribution < 1.29 is 0 Å². The molecule has 5 aromatic carbocycles. The van der Waals surface area contributed by atoms with E-state index in [9.17, 15) is 0 Å². The molecule has 0 saturated heterocycles. The van der Waals surface area contributed by atoms with Crippen molar-refractivity contribution in [2.75, 3.05) is 9.80 Å². The molecule has 4 heteroatoms. The smallest absolute Gasteiger partial charge is 0.0645 e. The van der Waals surface area contributed by atoms with Crippen LogP contribution in [-0.4, -0.2) is 9.97 Å². The van der Waals surface area contributed by atoms with E-state index in [-0.39, 0.29) is 0 Å². The van der Waals surface area contributed by atoms with Crippen LogP contribution in [0.15, 0.2) is 158 Å². The van der Waals surface area contributed by atoms with Crippen molar-refractivity contribution >= 4 is 55.7 Å². The molecular weight excluding hydrogens is 488 g/mol. The molecule has 0 aliphatic rings. The number of aromatic nitrogens is 2. The zero-order valence-corrected chi connectivity index (χ0v) is 21.8. The molecule has 7 aromatic rings. The van der Waals surface area contributed by atoms with Gasteiger partial charge in [0, 0.05) is 45.3 Å². The predicted octanol–water partition coefficient (Wildman–Crippen LogP) is 9.72. The summed E-state index contributed by atoms with van der Waals surface area (Å²) in [6, 6.07) is 46.6. The van der Waals surface area contributed by atoms with Crippen molar-refractivity contribution in [3.63, 3.8) is 0 Å². The highest BCUT2D eigenvalue weighted by Crippen LogP contribution is 2.50. The van der Waals surface area contributed by atoms with Gasteiger partial charge in [0.1, 0.15) is 0 Å². The van der Waals surface area contributed by atoms with Crippen LogP contribution in [0, 0.1) is 0 Å². The molecule has 0 atom stereocenters. The van der Waals surface area contributed by atoms with Crippen LogP contribution in [0.4, 0.5) is 34.1 Å².